The highest BCUT2D eigenvalue weighted by Crippen LogP contribution is 2.31. The lowest BCUT2D eigenvalue weighted by Crippen LogP contribution is -2.28. The number of aromatic hydroxyl groups is 1. The fraction of sp³-hybridized carbons (Fsp3) is 0.200. The van der Waals surface area contributed by atoms with E-state index < -0.39 is 17.6 Å². The van der Waals surface area contributed by atoms with Gasteiger partial charge in [0.2, 0.25) is 11.8 Å². The van der Waals surface area contributed by atoms with Crippen LogP contribution < -0.4 is 10.2 Å². The van der Waals surface area contributed by atoms with Crippen LogP contribution in [-0.2, 0) is 9.59 Å². The number of aromatic nitrogens is 1. The van der Waals surface area contributed by atoms with Crippen LogP contribution in [0.15, 0.2) is 36.4 Å². The third-order valence-electron chi connectivity index (χ3n) is 4.78. The Bertz CT molecular complexity index is 1160. The number of hydrogen-bond donors (Lipinski definition) is 3. The van der Waals surface area contributed by atoms with Crippen LogP contribution in [-0.4, -0.2) is 39.5 Å². The summed E-state index contributed by atoms with van der Waals surface area (Å²) in [6, 6.07) is 9.40. The number of carboxylic acids is 1. The van der Waals surface area contributed by atoms with Crippen molar-refractivity contribution >= 4 is 50.7 Å². The molecule has 1 unspecified atom stereocenters. The lowest BCUT2D eigenvalue weighted by molar-refractivity contribution is -0.122. The zero-order chi connectivity index (χ0) is 20.7. The number of anilines is 2. The summed E-state index contributed by atoms with van der Waals surface area (Å²) < 4.78 is 1.04. The third kappa shape index (κ3) is 3.64. The highest BCUT2D eigenvalue weighted by atomic mass is 32.1. The summed E-state index contributed by atoms with van der Waals surface area (Å²) in [6.07, 6.45) is 0.0686. The van der Waals surface area contributed by atoms with Crippen LogP contribution in [0.4, 0.5) is 11.4 Å². The van der Waals surface area contributed by atoms with Gasteiger partial charge in [-0.1, -0.05) is 0 Å². The van der Waals surface area contributed by atoms with Gasteiger partial charge in [0, 0.05) is 30.4 Å². The van der Waals surface area contributed by atoms with Crippen molar-refractivity contribution in [3.63, 3.8) is 0 Å². The molecule has 0 saturated carbocycles. The molecule has 9 heteroatoms. The lowest BCUT2D eigenvalue weighted by atomic mass is 10.1. The van der Waals surface area contributed by atoms with Gasteiger partial charge in [-0.25, -0.2) is 9.78 Å². The number of thiazole rings is 1. The van der Waals surface area contributed by atoms with Crippen molar-refractivity contribution in [3.8, 4) is 5.75 Å². The number of nitrogens with zero attached hydrogens (tertiary/aromatic N) is 2. The quantitative estimate of drug-likeness (QED) is 0.607. The standard InChI is InChI=1S/C20H17N3O5S/c1-10-21-15-8-13(3-5-17(15)29-10)23-9-11(6-18(23)25)19(26)22-12-2-4-14(20(27)28)16(24)7-12/h2-5,7-8,11,24H,6,9H2,1H3,(H,22,26)(H,27,28). The first-order valence-electron chi connectivity index (χ1n) is 8.86. The Labute approximate surface area is 169 Å². The number of amides is 2. The number of carbonyl (C=O) groups excluding carboxylic acids is 2. The predicted octanol–water partition coefficient (Wildman–Crippen LogP) is 3.00. The van der Waals surface area contributed by atoms with E-state index >= 15 is 0 Å². The Balaban J connectivity index is 1.48. The van der Waals surface area contributed by atoms with E-state index in [0.29, 0.717) is 5.69 Å². The van der Waals surface area contributed by atoms with E-state index in [4.69, 9.17) is 5.11 Å². The maximum atomic E-state index is 12.6. The molecule has 0 bridgehead atoms. The van der Waals surface area contributed by atoms with Crippen molar-refractivity contribution in [2.45, 2.75) is 13.3 Å². The smallest absolute Gasteiger partial charge is 0.339 e. The van der Waals surface area contributed by atoms with Crippen molar-refractivity contribution < 1.29 is 24.6 Å². The van der Waals surface area contributed by atoms with E-state index in [-0.39, 0.29) is 36.0 Å². The highest BCUT2D eigenvalue weighted by molar-refractivity contribution is 7.18. The summed E-state index contributed by atoms with van der Waals surface area (Å²) in [5.41, 5.74) is 1.53. The van der Waals surface area contributed by atoms with E-state index in [1.807, 2.05) is 25.1 Å². The first-order chi connectivity index (χ1) is 13.8. The molecule has 1 atom stereocenters. The molecule has 1 saturated heterocycles. The van der Waals surface area contributed by atoms with Gasteiger partial charge < -0.3 is 20.4 Å². The van der Waals surface area contributed by atoms with Crippen LogP contribution in [0.5, 0.6) is 5.75 Å². The van der Waals surface area contributed by atoms with Crippen LogP contribution in [0, 0.1) is 12.8 Å². The summed E-state index contributed by atoms with van der Waals surface area (Å²) in [7, 11) is 0. The summed E-state index contributed by atoms with van der Waals surface area (Å²) in [6.45, 7) is 2.16. The molecular weight excluding hydrogens is 394 g/mol. The van der Waals surface area contributed by atoms with Gasteiger partial charge in [0.1, 0.15) is 11.3 Å². The molecule has 29 heavy (non-hydrogen) atoms. The minimum Gasteiger partial charge on any atom is -0.507 e. The van der Waals surface area contributed by atoms with Crippen LogP contribution in [0.2, 0.25) is 0 Å². The van der Waals surface area contributed by atoms with Crippen molar-refractivity contribution in [1.29, 1.82) is 0 Å². The van der Waals surface area contributed by atoms with Gasteiger partial charge >= 0.3 is 5.97 Å². The Morgan fingerprint density at radius 2 is 2.03 bits per heavy atom. The van der Waals surface area contributed by atoms with Crippen molar-refractivity contribution in [3.05, 3.63) is 47.0 Å². The van der Waals surface area contributed by atoms with E-state index in [2.05, 4.69) is 10.3 Å². The molecule has 1 aliphatic rings. The highest BCUT2D eigenvalue weighted by Gasteiger charge is 2.35. The van der Waals surface area contributed by atoms with Gasteiger partial charge in [-0.05, 0) is 37.3 Å². The van der Waals surface area contributed by atoms with Crippen molar-refractivity contribution in [2.75, 3.05) is 16.8 Å². The lowest BCUT2D eigenvalue weighted by Gasteiger charge is -2.17. The second-order valence-corrected chi connectivity index (χ2v) is 8.05. The topological polar surface area (TPSA) is 120 Å². The van der Waals surface area contributed by atoms with Gasteiger partial charge in [-0.3, -0.25) is 9.59 Å². The van der Waals surface area contributed by atoms with Crippen molar-refractivity contribution in [1.82, 2.24) is 4.98 Å². The second kappa shape index (κ2) is 7.17. The second-order valence-electron chi connectivity index (χ2n) is 6.82. The SMILES string of the molecule is Cc1nc2cc(N3CC(C(=O)Nc4ccc(C(=O)O)c(O)c4)CC3=O)ccc2s1. The Morgan fingerprint density at radius 3 is 2.76 bits per heavy atom. The largest absolute Gasteiger partial charge is 0.507 e. The summed E-state index contributed by atoms with van der Waals surface area (Å²) >= 11 is 1.58. The minimum absolute atomic E-state index is 0.0686. The first kappa shape index (κ1) is 18.9. The molecule has 1 aromatic heterocycles. The number of aromatic carboxylic acids is 1. The molecule has 3 N–H and O–H groups in total. The van der Waals surface area contributed by atoms with Gasteiger partial charge in [-0.2, -0.15) is 0 Å². The molecule has 148 valence electrons. The zero-order valence-corrected chi connectivity index (χ0v) is 16.2. The molecule has 0 spiro atoms. The van der Waals surface area contributed by atoms with E-state index in [0.717, 1.165) is 15.2 Å². The molecular formula is C20H17N3O5S. The fourth-order valence-electron chi connectivity index (χ4n) is 3.37. The van der Waals surface area contributed by atoms with Crippen LogP contribution >= 0.6 is 11.3 Å². The Morgan fingerprint density at radius 1 is 1.24 bits per heavy atom. The number of rotatable bonds is 4. The summed E-state index contributed by atoms with van der Waals surface area (Å²) in [5, 5.41) is 22.3. The molecule has 2 amide bonds. The summed E-state index contributed by atoms with van der Waals surface area (Å²) in [5.74, 6) is -2.78. The number of fused-ring (bicyclic) bond motifs is 1. The molecule has 3 aromatic rings. The van der Waals surface area contributed by atoms with E-state index in [1.165, 1.54) is 18.2 Å². The van der Waals surface area contributed by atoms with E-state index in [1.54, 1.807) is 16.2 Å². The number of hydrogen-bond acceptors (Lipinski definition) is 6. The van der Waals surface area contributed by atoms with Crippen molar-refractivity contribution in [2.24, 2.45) is 5.92 Å². The first-order valence-corrected chi connectivity index (χ1v) is 9.68. The maximum Gasteiger partial charge on any atom is 0.339 e. The molecule has 2 heterocycles. The number of carbonyl (C=O) groups is 3. The number of benzene rings is 2. The number of carboxylic acid groups (broad SMARTS) is 1. The molecule has 4 rings (SSSR count). The Hall–Kier alpha value is -3.46. The molecule has 0 aliphatic carbocycles. The summed E-state index contributed by atoms with van der Waals surface area (Å²) in [4.78, 5) is 42.0. The molecule has 2 aromatic carbocycles. The number of phenols is 1. The Kier molecular flexibility index (Phi) is 4.67. The average molecular weight is 411 g/mol. The number of nitrogens with one attached hydrogen (secondary N) is 1. The van der Waals surface area contributed by atoms with Crippen LogP contribution in [0.1, 0.15) is 21.8 Å². The van der Waals surface area contributed by atoms with Gasteiger partial charge in [0.05, 0.1) is 21.1 Å². The van der Waals surface area contributed by atoms with Gasteiger partial charge in [-0.15, -0.1) is 11.3 Å². The predicted molar refractivity (Wildman–Crippen MR) is 109 cm³/mol. The molecule has 1 fully saturated rings. The molecule has 0 radical (unpaired) electrons. The van der Waals surface area contributed by atoms with Gasteiger partial charge in [0.25, 0.3) is 0 Å². The molecule has 1 aliphatic heterocycles. The van der Waals surface area contributed by atoms with Crippen LogP contribution in [0.3, 0.4) is 0 Å². The van der Waals surface area contributed by atoms with Gasteiger partial charge in [0.15, 0.2) is 0 Å². The average Bonchev–Trinajstić information content (AvgIpc) is 3.22. The minimum atomic E-state index is -1.26. The fourth-order valence-corrected chi connectivity index (χ4v) is 4.17. The molecule has 8 nitrogen and oxygen atoms in total. The van der Waals surface area contributed by atoms with Crippen LogP contribution in [0.25, 0.3) is 10.2 Å². The number of aryl methyl sites for hydroxylation is 1. The third-order valence-corrected chi connectivity index (χ3v) is 5.73. The maximum absolute atomic E-state index is 12.6. The normalized spacial score (nSPS) is 16.4. The van der Waals surface area contributed by atoms with E-state index in [9.17, 15) is 19.5 Å². The monoisotopic (exact) mass is 411 g/mol. The zero-order valence-electron chi connectivity index (χ0n) is 15.4.